The quantitative estimate of drug-likeness (QED) is 0.917. The predicted octanol–water partition coefficient (Wildman–Crippen LogP) is 2.98. The van der Waals surface area contributed by atoms with Gasteiger partial charge in [-0.1, -0.05) is 30.3 Å². The number of likely N-dealkylation sites (tertiary alicyclic amines) is 2. The fourth-order valence-corrected chi connectivity index (χ4v) is 4.37. The van der Waals surface area contributed by atoms with E-state index in [4.69, 9.17) is 0 Å². The standard InChI is InChI=1S/C20H29N3O2/c1-4-23-18(24)17(16-8-6-5-7-9-16)14-20(23)10-12-22(13-11-20)19(25)21-15(2)3/h5-9,15,17H,4,10-14H2,1-3H3,(H,21,25)/t17-/m1/s1. The zero-order chi connectivity index (χ0) is 18.0. The van der Waals surface area contributed by atoms with Gasteiger partial charge in [0, 0.05) is 31.2 Å². The zero-order valence-corrected chi connectivity index (χ0v) is 15.5. The Balaban J connectivity index is 1.74. The lowest BCUT2D eigenvalue weighted by atomic mass is 9.81. The molecule has 0 aromatic heterocycles. The van der Waals surface area contributed by atoms with E-state index >= 15 is 0 Å². The molecule has 2 saturated heterocycles. The highest BCUT2D eigenvalue weighted by Gasteiger charge is 2.51. The number of carbonyl (C=O) groups excluding carboxylic acids is 2. The molecular formula is C20H29N3O2. The summed E-state index contributed by atoms with van der Waals surface area (Å²) < 4.78 is 0. The Morgan fingerprint density at radius 1 is 1.24 bits per heavy atom. The van der Waals surface area contributed by atoms with E-state index in [1.165, 1.54) is 0 Å². The van der Waals surface area contributed by atoms with Crippen molar-refractivity contribution in [3.63, 3.8) is 0 Å². The number of nitrogens with zero attached hydrogens (tertiary/aromatic N) is 2. The second-order valence-corrected chi connectivity index (χ2v) is 7.57. The molecule has 1 atom stereocenters. The van der Waals surface area contributed by atoms with Gasteiger partial charge in [-0.05, 0) is 45.6 Å². The van der Waals surface area contributed by atoms with E-state index in [2.05, 4.69) is 29.3 Å². The van der Waals surface area contributed by atoms with Gasteiger partial charge in [0.15, 0.2) is 0 Å². The lowest BCUT2D eigenvalue weighted by molar-refractivity contribution is -0.133. The lowest BCUT2D eigenvalue weighted by Crippen LogP contribution is -2.56. The monoisotopic (exact) mass is 343 g/mol. The maximum absolute atomic E-state index is 13.0. The molecule has 2 aliphatic heterocycles. The van der Waals surface area contributed by atoms with E-state index < -0.39 is 0 Å². The third-order valence-electron chi connectivity index (χ3n) is 5.63. The van der Waals surface area contributed by atoms with Gasteiger partial charge in [0.05, 0.1) is 5.92 Å². The molecular weight excluding hydrogens is 314 g/mol. The Hall–Kier alpha value is -2.04. The minimum atomic E-state index is -0.0963. The summed E-state index contributed by atoms with van der Waals surface area (Å²) in [5.74, 6) is 0.200. The summed E-state index contributed by atoms with van der Waals surface area (Å²) >= 11 is 0. The van der Waals surface area contributed by atoms with Gasteiger partial charge in [0.25, 0.3) is 0 Å². The molecule has 5 nitrogen and oxygen atoms in total. The molecule has 25 heavy (non-hydrogen) atoms. The maximum atomic E-state index is 13.0. The highest BCUT2D eigenvalue weighted by Crippen LogP contribution is 2.45. The summed E-state index contributed by atoms with van der Waals surface area (Å²) in [6, 6.07) is 10.3. The Labute approximate surface area is 150 Å². The van der Waals surface area contributed by atoms with Crippen LogP contribution in [0.5, 0.6) is 0 Å². The van der Waals surface area contributed by atoms with Gasteiger partial charge in [-0.2, -0.15) is 0 Å². The Kier molecular flexibility index (Phi) is 5.02. The average molecular weight is 343 g/mol. The van der Waals surface area contributed by atoms with Crippen LogP contribution in [0.2, 0.25) is 0 Å². The number of carbonyl (C=O) groups is 2. The molecule has 0 radical (unpaired) electrons. The van der Waals surface area contributed by atoms with Crippen LogP contribution in [-0.4, -0.2) is 53.0 Å². The topological polar surface area (TPSA) is 52.7 Å². The first-order valence-electron chi connectivity index (χ1n) is 9.39. The summed E-state index contributed by atoms with van der Waals surface area (Å²) in [7, 11) is 0. The fraction of sp³-hybridized carbons (Fsp3) is 0.600. The molecule has 3 rings (SSSR count). The van der Waals surface area contributed by atoms with E-state index in [-0.39, 0.29) is 29.4 Å². The van der Waals surface area contributed by atoms with Crippen LogP contribution in [0, 0.1) is 0 Å². The second kappa shape index (κ2) is 7.06. The minimum Gasteiger partial charge on any atom is -0.337 e. The summed E-state index contributed by atoms with van der Waals surface area (Å²) in [4.78, 5) is 29.2. The van der Waals surface area contributed by atoms with Crippen LogP contribution in [0.15, 0.2) is 30.3 Å². The number of amides is 3. The van der Waals surface area contributed by atoms with Crippen molar-refractivity contribution in [1.82, 2.24) is 15.1 Å². The summed E-state index contributed by atoms with van der Waals surface area (Å²) in [6.45, 7) is 8.17. The van der Waals surface area contributed by atoms with Crippen molar-refractivity contribution >= 4 is 11.9 Å². The second-order valence-electron chi connectivity index (χ2n) is 7.57. The van der Waals surface area contributed by atoms with E-state index in [1.54, 1.807) is 0 Å². The molecule has 0 unspecified atom stereocenters. The number of hydrogen-bond donors (Lipinski definition) is 1. The number of piperidine rings is 1. The number of benzene rings is 1. The van der Waals surface area contributed by atoms with Crippen molar-refractivity contribution in [1.29, 1.82) is 0 Å². The third kappa shape index (κ3) is 3.37. The van der Waals surface area contributed by atoms with E-state index in [0.717, 1.165) is 31.4 Å². The molecule has 2 heterocycles. The van der Waals surface area contributed by atoms with Crippen molar-refractivity contribution in [3.05, 3.63) is 35.9 Å². The van der Waals surface area contributed by atoms with E-state index in [9.17, 15) is 9.59 Å². The van der Waals surface area contributed by atoms with Crippen LogP contribution in [0.3, 0.4) is 0 Å². The first-order chi connectivity index (χ1) is 12.0. The average Bonchev–Trinajstić information content (AvgIpc) is 2.87. The van der Waals surface area contributed by atoms with Gasteiger partial charge in [-0.15, -0.1) is 0 Å². The molecule has 2 fully saturated rings. The lowest BCUT2D eigenvalue weighted by Gasteiger charge is -2.44. The van der Waals surface area contributed by atoms with Crippen molar-refractivity contribution in [2.45, 2.75) is 57.5 Å². The third-order valence-corrected chi connectivity index (χ3v) is 5.63. The largest absolute Gasteiger partial charge is 0.337 e. The van der Waals surface area contributed by atoms with Gasteiger partial charge in [-0.25, -0.2) is 4.79 Å². The molecule has 1 aromatic carbocycles. The molecule has 0 saturated carbocycles. The number of hydrogen-bond acceptors (Lipinski definition) is 2. The number of urea groups is 1. The molecule has 0 bridgehead atoms. The molecule has 1 spiro atoms. The Morgan fingerprint density at radius 3 is 2.44 bits per heavy atom. The van der Waals surface area contributed by atoms with E-state index in [0.29, 0.717) is 13.1 Å². The highest BCUT2D eigenvalue weighted by molar-refractivity contribution is 5.87. The minimum absolute atomic E-state index is 0.0110. The highest BCUT2D eigenvalue weighted by atomic mass is 16.2. The van der Waals surface area contributed by atoms with Crippen LogP contribution in [-0.2, 0) is 4.79 Å². The van der Waals surface area contributed by atoms with Crippen LogP contribution >= 0.6 is 0 Å². The van der Waals surface area contributed by atoms with Crippen LogP contribution < -0.4 is 5.32 Å². The van der Waals surface area contributed by atoms with Gasteiger partial charge in [0.1, 0.15) is 0 Å². The first kappa shape index (κ1) is 17.8. The normalized spacial score (nSPS) is 22.7. The summed E-state index contributed by atoms with van der Waals surface area (Å²) in [6.07, 6.45) is 2.59. The van der Waals surface area contributed by atoms with Crippen molar-refractivity contribution in [3.8, 4) is 0 Å². The molecule has 1 aromatic rings. The maximum Gasteiger partial charge on any atom is 0.317 e. The first-order valence-corrected chi connectivity index (χ1v) is 9.39. The Morgan fingerprint density at radius 2 is 1.88 bits per heavy atom. The van der Waals surface area contributed by atoms with Crippen LogP contribution in [0.1, 0.15) is 51.5 Å². The van der Waals surface area contributed by atoms with E-state index in [1.807, 2.05) is 36.9 Å². The molecule has 136 valence electrons. The SMILES string of the molecule is CCN1C(=O)[C@@H](c2ccccc2)CC12CCN(C(=O)NC(C)C)CC2. The zero-order valence-electron chi connectivity index (χ0n) is 15.5. The molecule has 1 N–H and O–H groups in total. The Bertz CT molecular complexity index is 621. The smallest absolute Gasteiger partial charge is 0.317 e. The summed E-state index contributed by atoms with van der Waals surface area (Å²) in [5.41, 5.74) is 1.02. The van der Waals surface area contributed by atoms with Gasteiger partial charge in [-0.3, -0.25) is 4.79 Å². The fourth-order valence-electron chi connectivity index (χ4n) is 4.37. The molecule has 5 heteroatoms. The van der Waals surface area contributed by atoms with Gasteiger partial charge < -0.3 is 15.1 Å². The summed E-state index contributed by atoms with van der Waals surface area (Å²) in [5, 5.41) is 2.97. The van der Waals surface area contributed by atoms with Crippen LogP contribution in [0.25, 0.3) is 0 Å². The number of rotatable bonds is 3. The van der Waals surface area contributed by atoms with Gasteiger partial charge in [0.2, 0.25) is 5.91 Å². The van der Waals surface area contributed by atoms with Crippen molar-refractivity contribution < 1.29 is 9.59 Å². The number of likely N-dealkylation sites (N-methyl/N-ethyl adjacent to an activating group) is 1. The van der Waals surface area contributed by atoms with Gasteiger partial charge >= 0.3 is 6.03 Å². The van der Waals surface area contributed by atoms with Crippen molar-refractivity contribution in [2.75, 3.05) is 19.6 Å². The predicted molar refractivity (Wildman–Crippen MR) is 98.4 cm³/mol. The molecule has 0 aliphatic carbocycles. The number of nitrogens with one attached hydrogen (secondary N) is 1. The molecule has 3 amide bonds. The molecule has 2 aliphatic rings. The van der Waals surface area contributed by atoms with Crippen molar-refractivity contribution in [2.24, 2.45) is 0 Å². The van der Waals surface area contributed by atoms with Crippen LogP contribution in [0.4, 0.5) is 4.79 Å².